The van der Waals surface area contributed by atoms with Crippen LogP contribution in [0.25, 0.3) is 11.3 Å². The van der Waals surface area contributed by atoms with Crippen LogP contribution in [0.5, 0.6) is 5.75 Å². The van der Waals surface area contributed by atoms with Crippen LogP contribution in [0.3, 0.4) is 0 Å². The molecule has 0 aliphatic rings. The summed E-state index contributed by atoms with van der Waals surface area (Å²) >= 11 is 5.68. The van der Waals surface area contributed by atoms with Gasteiger partial charge in [0.1, 0.15) is 5.75 Å². The molecule has 4 heteroatoms. The van der Waals surface area contributed by atoms with Gasteiger partial charge in [-0.25, -0.2) is 0 Å². The van der Waals surface area contributed by atoms with E-state index < -0.39 is 0 Å². The van der Waals surface area contributed by atoms with Crippen LogP contribution in [-0.4, -0.2) is 16.8 Å². The lowest BCUT2D eigenvalue weighted by molar-refractivity contribution is 0.340. The standard InChI is InChI=1S/C12H11ClN2O/c1-2-16-10-5-3-4-9(8-10)11-6-7-12(13)15-14-11/h3-8H,2H2,1H3. The smallest absolute Gasteiger partial charge is 0.151 e. The highest BCUT2D eigenvalue weighted by molar-refractivity contribution is 6.29. The SMILES string of the molecule is CCOc1cccc(-c2ccc(Cl)nn2)c1. The van der Waals surface area contributed by atoms with Crippen molar-refractivity contribution in [3.8, 4) is 17.0 Å². The summed E-state index contributed by atoms with van der Waals surface area (Å²) < 4.78 is 5.42. The number of aromatic nitrogens is 2. The number of hydrogen-bond donors (Lipinski definition) is 0. The van der Waals surface area contributed by atoms with Crippen molar-refractivity contribution in [3.05, 3.63) is 41.6 Å². The second kappa shape index (κ2) is 4.94. The Balaban J connectivity index is 2.32. The van der Waals surface area contributed by atoms with E-state index in [9.17, 15) is 0 Å². The van der Waals surface area contributed by atoms with E-state index in [-0.39, 0.29) is 0 Å². The number of ether oxygens (including phenoxy) is 1. The largest absolute Gasteiger partial charge is 0.494 e. The molecular weight excluding hydrogens is 224 g/mol. The van der Waals surface area contributed by atoms with Gasteiger partial charge in [0.15, 0.2) is 5.15 Å². The molecule has 2 rings (SSSR count). The molecule has 0 amide bonds. The average Bonchev–Trinajstić information content (AvgIpc) is 2.31. The molecule has 0 N–H and O–H groups in total. The lowest BCUT2D eigenvalue weighted by Crippen LogP contribution is -1.92. The summed E-state index contributed by atoms with van der Waals surface area (Å²) in [6, 6.07) is 11.3. The zero-order chi connectivity index (χ0) is 11.4. The summed E-state index contributed by atoms with van der Waals surface area (Å²) in [5, 5.41) is 8.21. The molecule has 16 heavy (non-hydrogen) atoms. The summed E-state index contributed by atoms with van der Waals surface area (Å²) in [7, 11) is 0. The molecule has 82 valence electrons. The van der Waals surface area contributed by atoms with Gasteiger partial charge in [-0.15, -0.1) is 10.2 Å². The van der Waals surface area contributed by atoms with Crippen LogP contribution in [0.1, 0.15) is 6.92 Å². The van der Waals surface area contributed by atoms with Crippen molar-refractivity contribution in [2.24, 2.45) is 0 Å². The highest BCUT2D eigenvalue weighted by atomic mass is 35.5. The van der Waals surface area contributed by atoms with E-state index in [1.807, 2.05) is 37.3 Å². The van der Waals surface area contributed by atoms with Gasteiger partial charge in [-0.2, -0.15) is 0 Å². The molecule has 0 aliphatic carbocycles. The molecule has 0 radical (unpaired) electrons. The van der Waals surface area contributed by atoms with Gasteiger partial charge >= 0.3 is 0 Å². The van der Waals surface area contributed by atoms with E-state index in [1.54, 1.807) is 6.07 Å². The first-order valence-electron chi connectivity index (χ1n) is 5.02. The van der Waals surface area contributed by atoms with Crippen LogP contribution in [0, 0.1) is 0 Å². The maximum absolute atomic E-state index is 5.68. The number of halogens is 1. The summed E-state index contributed by atoms with van der Waals surface area (Å²) in [5.74, 6) is 0.830. The van der Waals surface area contributed by atoms with Gasteiger partial charge in [0.2, 0.25) is 0 Å². The number of nitrogens with zero attached hydrogens (tertiary/aromatic N) is 2. The van der Waals surface area contributed by atoms with E-state index in [4.69, 9.17) is 16.3 Å². The van der Waals surface area contributed by atoms with Crippen LogP contribution in [0.4, 0.5) is 0 Å². The number of rotatable bonds is 3. The predicted octanol–water partition coefficient (Wildman–Crippen LogP) is 3.20. The van der Waals surface area contributed by atoms with Crippen LogP contribution < -0.4 is 4.74 Å². The Bertz CT molecular complexity index is 471. The highest BCUT2D eigenvalue weighted by Gasteiger charge is 2.01. The van der Waals surface area contributed by atoms with E-state index >= 15 is 0 Å². The van der Waals surface area contributed by atoms with Crippen molar-refractivity contribution in [3.63, 3.8) is 0 Å². The van der Waals surface area contributed by atoms with Crippen LogP contribution in [-0.2, 0) is 0 Å². The van der Waals surface area contributed by atoms with Gasteiger partial charge in [0.25, 0.3) is 0 Å². The third-order valence-electron chi connectivity index (χ3n) is 2.07. The van der Waals surface area contributed by atoms with Crippen molar-refractivity contribution in [2.75, 3.05) is 6.61 Å². The predicted molar refractivity (Wildman–Crippen MR) is 63.6 cm³/mol. The zero-order valence-corrected chi connectivity index (χ0v) is 9.61. The minimum atomic E-state index is 0.393. The lowest BCUT2D eigenvalue weighted by Gasteiger charge is -2.05. The van der Waals surface area contributed by atoms with Crippen LogP contribution >= 0.6 is 11.6 Å². The summed E-state index contributed by atoms with van der Waals surface area (Å²) in [4.78, 5) is 0. The number of benzene rings is 1. The molecule has 0 spiro atoms. The van der Waals surface area contributed by atoms with E-state index in [2.05, 4.69) is 10.2 Å². The van der Waals surface area contributed by atoms with Gasteiger partial charge < -0.3 is 4.74 Å². The number of hydrogen-bond acceptors (Lipinski definition) is 3. The quantitative estimate of drug-likeness (QED) is 0.818. The monoisotopic (exact) mass is 234 g/mol. The zero-order valence-electron chi connectivity index (χ0n) is 8.85. The second-order valence-corrected chi connectivity index (χ2v) is 3.59. The molecular formula is C12H11ClN2O. The van der Waals surface area contributed by atoms with Crippen molar-refractivity contribution in [1.29, 1.82) is 0 Å². The summed E-state index contributed by atoms with van der Waals surface area (Å²) in [5.41, 5.74) is 1.75. The maximum atomic E-state index is 5.68. The van der Waals surface area contributed by atoms with Crippen molar-refractivity contribution in [2.45, 2.75) is 6.92 Å². The minimum absolute atomic E-state index is 0.393. The Labute approximate surface area is 99.0 Å². The summed E-state index contributed by atoms with van der Waals surface area (Å²) in [6.45, 7) is 2.60. The normalized spacial score (nSPS) is 10.1. The molecule has 0 bridgehead atoms. The minimum Gasteiger partial charge on any atom is -0.494 e. The van der Waals surface area contributed by atoms with E-state index in [0.717, 1.165) is 17.0 Å². The Hall–Kier alpha value is -1.61. The van der Waals surface area contributed by atoms with Crippen LogP contribution in [0.2, 0.25) is 5.15 Å². The Morgan fingerprint density at radius 2 is 2.06 bits per heavy atom. The van der Waals surface area contributed by atoms with Crippen molar-refractivity contribution in [1.82, 2.24) is 10.2 Å². The molecule has 0 unspecified atom stereocenters. The fourth-order valence-electron chi connectivity index (χ4n) is 1.38. The molecule has 1 aromatic heterocycles. The molecule has 3 nitrogen and oxygen atoms in total. The van der Waals surface area contributed by atoms with Crippen molar-refractivity contribution >= 4 is 11.6 Å². The van der Waals surface area contributed by atoms with Gasteiger partial charge in [0.05, 0.1) is 12.3 Å². The van der Waals surface area contributed by atoms with Gasteiger partial charge in [-0.1, -0.05) is 23.7 Å². The fraction of sp³-hybridized carbons (Fsp3) is 0.167. The second-order valence-electron chi connectivity index (χ2n) is 3.20. The first kappa shape index (κ1) is 10.9. The summed E-state index contributed by atoms with van der Waals surface area (Å²) in [6.07, 6.45) is 0. The van der Waals surface area contributed by atoms with Gasteiger partial charge in [-0.3, -0.25) is 0 Å². The lowest BCUT2D eigenvalue weighted by atomic mass is 10.1. The van der Waals surface area contributed by atoms with E-state index in [1.165, 1.54) is 0 Å². The third kappa shape index (κ3) is 2.49. The molecule has 0 saturated carbocycles. The van der Waals surface area contributed by atoms with E-state index in [0.29, 0.717) is 11.8 Å². The van der Waals surface area contributed by atoms with Crippen molar-refractivity contribution < 1.29 is 4.74 Å². The fourth-order valence-corrected chi connectivity index (χ4v) is 1.48. The highest BCUT2D eigenvalue weighted by Crippen LogP contribution is 2.22. The molecule has 1 heterocycles. The molecule has 0 fully saturated rings. The van der Waals surface area contributed by atoms with Gasteiger partial charge in [0, 0.05) is 5.56 Å². The first-order valence-corrected chi connectivity index (χ1v) is 5.40. The molecule has 0 saturated heterocycles. The van der Waals surface area contributed by atoms with Gasteiger partial charge in [-0.05, 0) is 31.2 Å². The Morgan fingerprint density at radius 3 is 2.75 bits per heavy atom. The molecule has 0 atom stereocenters. The molecule has 0 aliphatic heterocycles. The Kier molecular flexibility index (Phi) is 3.37. The maximum Gasteiger partial charge on any atom is 0.151 e. The average molecular weight is 235 g/mol. The molecule has 1 aromatic carbocycles. The van der Waals surface area contributed by atoms with Crippen LogP contribution in [0.15, 0.2) is 36.4 Å². The third-order valence-corrected chi connectivity index (χ3v) is 2.27. The molecule has 2 aromatic rings. The Morgan fingerprint density at radius 1 is 1.19 bits per heavy atom. The first-order chi connectivity index (χ1) is 7.79. The topological polar surface area (TPSA) is 35.0 Å².